The molecule has 0 unspecified atom stereocenters. The van der Waals surface area contributed by atoms with Gasteiger partial charge in [0.2, 0.25) is 6.20 Å². The number of ether oxygens (including phenoxy) is 1. The van der Waals surface area contributed by atoms with Gasteiger partial charge in [0, 0.05) is 0 Å². The summed E-state index contributed by atoms with van der Waals surface area (Å²) in [5, 5.41) is 41.8. The molecular weight excluding hydrogens is 234 g/mol. The predicted molar refractivity (Wildman–Crippen MR) is 50.5 cm³/mol. The monoisotopic (exact) mass is 245 g/mol. The van der Waals surface area contributed by atoms with Crippen LogP contribution < -0.4 is 10.5 Å². The zero-order valence-electron chi connectivity index (χ0n) is 8.58. The molecule has 1 aromatic rings. The zero-order valence-corrected chi connectivity index (χ0v) is 8.58. The molecule has 94 valence electrons. The maximum atomic E-state index is 11.4. The van der Waals surface area contributed by atoms with Crippen molar-refractivity contribution in [2.75, 3.05) is 6.61 Å². The summed E-state index contributed by atoms with van der Waals surface area (Å²) in [6.45, 7) is -0.495. The van der Waals surface area contributed by atoms with Gasteiger partial charge in [-0.15, -0.1) is 0 Å². The van der Waals surface area contributed by atoms with Crippen LogP contribution in [-0.4, -0.2) is 49.9 Å². The van der Waals surface area contributed by atoms with E-state index in [2.05, 4.69) is 5.10 Å². The highest BCUT2D eigenvalue weighted by atomic mass is 16.6. The molecule has 1 aliphatic rings. The normalized spacial score (nSPS) is 32.9. The van der Waals surface area contributed by atoms with Gasteiger partial charge in [-0.2, -0.15) is 0 Å². The number of hydrogen-bond donors (Lipinski definition) is 3. The lowest BCUT2D eigenvalue weighted by molar-refractivity contribution is -0.672. The second-order valence-electron chi connectivity index (χ2n) is 3.62. The number of hydrogen-bond acceptors (Lipinski definition) is 7. The van der Waals surface area contributed by atoms with E-state index in [0.717, 1.165) is 17.0 Å². The van der Waals surface area contributed by atoms with E-state index in [4.69, 9.17) is 9.84 Å². The minimum Gasteiger partial charge on any atom is -0.594 e. The molecule has 9 heteroatoms. The van der Waals surface area contributed by atoms with Crippen molar-refractivity contribution in [2.45, 2.75) is 24.5 Å². The lowest BCUT2D eigenvalue weighted by Gasteiger charge is -2.15. The molecule has 17 heavy (non-hydrogen) atoms. The molecule has 1 aliphatic heterocycles. The summed E-state index contributed by atoms with van der Waals surface area (Å²) in [6.07, 6.45) is -2.81. The Balaban J connectivity index is 2.32. The van der Waals surface area contributed by atoms with Gasteiger partial charge in [0.05, 0.1) is 17.9 Å². The fourth-order valence-corrected chi connectivity index (χ4v) is 1.67. The first kappa shape index (κ1) is 11.9. The average molecular weight is 245 g/mol. The predicted octanol–water partition coefficient (Wildman–Crippen LogP) is -3.51. The Hall–Kier alpha value is -1.55. The Bertz CT molecular complexity index is 463. The van der Waals surface area contributed by atoms with Crippen molar-refractivity contribution < 1.29 is 24.9 Å². The maximum absolute atomic E-state index is 11.4. The van der Waals surface area contributed by atoms with Gasteiger partial charge in [0.15, 0.2) is 6.23 Å². The molecule has 1 aromatic heterocycles. The van der Waals surface area contributed by atoms with Crippen molar-refractivity contribution in [1.29, 1.82) is 0 Å². The van der Waals surface area contributed by atoms with E-state index in [1.807, 2.05) is 0 Å². The fraction of sp³-hybridized carbons (Fsp3) is 0.625. The zero-order chi connectivity index (χ0) is 12.6. The van der Waals surface area contributed by atoms with Crippen LogP contribution in [-0.2, 0) is 4.74 Å². The van der Waals surface area contributed by atoms with E-state index in [9.17, 15) is 20.2 Å². The molecule has 0 spiro atoms. The van der Waals surface area contributed by atoms with Gasteiger partial charge in [0.25, 0.3) is 0 Å². The van der Waals surface area contributed by atoms with E-state index < -0.39 is 36.8 Å². The van der Waals surface area contributed by atoms with Crippen molar-refractivity contribution in [2.24, 2.45) is 0 Å². The molecule has 3 N–H and O–H groups in total. The Morgan fingerprint density at radius 1 is 1.53 bits per heavy atom. The van der Waals surface area contributed by atoms with Crippen molar-refractivity contribution in [3.05, 3.63) is 28.1 Å². The van der Waals surface area contributed by atoms with E-state index >= 15 is 0 Å². The topological polar surface area (TPSA) is 132 Å². The Morgan fingerprint density at radius 3 is 2.76 bits per heavy atom. The molecule has 0 aromatic carbocycles. The van der Waals surface area contributed by atoms with Crippen LogP contribution in [0.5, 0.6) is 0 Å². The van der Waals surface area contributed by atoms with E-state index in [1.165, 1.54) is 0 Å². The number of rotatable bonds is 2. The molecule has 2 heterocycles. The SMILES string of the molecule is O=c1n[n+]([O-])ccn1[C@@H]1O[C@H](CO)[C@@H](O)[C@H]1O. The molecule has 0 aliphatic carbocycles. The molecule has 0 bridgehead atoms. The van der Waals surface area contributed by atoms with Gasteiger partial charge >= 0.3 is 5.69 Å². The summed E-state index contributed by atoms with van der Waals surface area (Å²) >= 11 is 0. The minimum absolute atomic E-state index is 0.0696. The first-order valence-corrected chi connectivity index (χ1v) is 4.85. The van der Waals surface area contributed by atoms with Crippen LogP contribution in [0.4, 0.5) is 0 Å². The van der Waals surface area contributed by atoms with E-state index in [-0.39, 0.29) is 4.85 Å². The van der Waals surface area contributed by atoms with Gasteiger partial charge in [-0.05, 0) is 0 Å². The lowest BCUT2D eigenvalue weighted by Crippen LogP contribution is -2.44. The first-order valence-electron chi connectivity index (χ1n) is 4.85. The second kappa shape index (κ2) is 4.37. The van der Waals surface area contributed by atoms with Crippen LogP contribution in [0, 0.1) is 5.21 Å². The smallest absolute Gasteiger partial charge is 0.411 e. The number of aliphatic hydroxyl groups is 3. The highest BCUT2D eigenvalue weighted by Crippen LogP contribution is 2.27. The molecule has 2 rings (SSSR count). The Labute approximate surface area is 94.7 Å². The number of nitrogens with zero attached hydrogens (tertiary/aromatic N) is 3. The summed E-state index contributed by atoms with van der Waals surface area (Å²) in [5.74, 6) is 0. The summed E-state index contributed by atoms with van der Waals surface area (Å²) in [5.41, 5.74) is -0.919. The maximum Gasteiger partial charge on any atom is 0.411 e. The average Bonchev–Trinajstić information content (AvgIpc) is 2.57. The quantitative estimate of drug-likeness (QED) is 0.363. The highest BCUT2D eigenvalue weighted by Gasteiger charge is 2.44. The largest absolute Gasteiger partial charge is 0.594 e. The van der Waals surface area contributed by atoms with Gasteiger partial charge in [0.1, 0.15) is 18.3 Å². The van der Waals surface area contributed by atoms with E-state index in [0.29, 0.717) is 0 Å². The summed E-state index contributed by atoms with van der Waals surface area (Å²) < 4.78 is 5.98. The van der Waals surface area contributed by atoms with Gasteiger partial charge in [-0.1, -0.05) is 4.85 Å². The van der Waals surface area contributed by atoms with Gasteiger partial charge in [-0.3, -0.25) is 4.57 Å². The van der Waals surface area contributed by atoms with Crippen LogP contribution in [0.25, 0.3) is 0 Å². The second-order valence-corrected chi connectivity index (χ2v) is 3.62. The van der Waals surface area contributed by atoms with Crippen LogP contribution in [0.2, 0.25) is 0 Å². The van der Waals surface area contributed by atoms with Crippen molar-refractivity contribution >= 4 is 0 Å². The van der Waals surface area contributed by atoms with Crippen molar-refractivity contribution in [3.63, 3.8) is 0 Å². The molecule has 9 nitrogen and oxygen atoms in total. The Kier molecular flexibility index (Phi) is 3.07. The molecule has 4 atom stereocenters. The van der Waals surface area contributed by atoms with Gasteiger partial charge in [-0.25, -0.2) is 4.79 Å². The standard InChI is InChI=1S/C8H11N3O6/c12-3-4-5(13)6(14)7(17-4)10-1-2-11(16)9-8(10)15/h1-2,4-7,12-14H,3H2/t4-,5-,6-,7-/m1/s1. The summed E-state index contributed by atoms with van der Waals surface area (Å²) in [6, 6.07) is 0. The summed E-state index contributed by atoms with van der Waals surface area (Å²) in [4.78, 5) is 11.4. The molecule has 1 saturated heterocycles. The molecule has 1 fully saturated rings. The third-order valence-electron chi connectivity index (χ3n) is 2.55. The molecule has 0 radical (unpaired) electrons. The number of aliphatic hydroxyl groups excluding tert-OH is 3. The van der Waals surface area contributed by atoms with Gasteiger partial charge < -0.3 is 25.3 Å². The molecule has 0 amide bonds. The molecular formula is C8H11N3O6. The van der Waals surface area contributed by atoms with Crippen LogP contribution in [0.1, 0.15) is 6.23 Å². The summed E-state index contributed by atoms with van der Waals surface area (Å²) in [7, 11) is 0. The van der Waals surface area contributed by atoms with Crippen LogP contribution in [0.15, 0.2) is 17.2 Å². The van der Waals surface area contributed by atoms with Crippen molar-refractivity contribution in [1.82, 2.24) is 9.67 Å². The lowest BCUT2D eigenvalue weighted by atomic mass is 10.1. The third kappa shape index (κ3) is 2.00. The van der Waals surface area contributed by atoms with Crippen LogP contribution >= 0.6 is 0 Å². The van der Waals surface area contributed by atoms with E-state index in [1.54, 1.807) is 0 Å². The minimum atomic E-state index is -1.38. The van der Waals surface area contributed by atoms with Crippen molar-refractivity contribution in [3.8, 4) is 0 Å². The molecule has 0 saturated carbocycles. The first-order chi connectivity index (χ1) is 8.04. The third-order valence-corrected chi connectivity index (χ3v) is 2.55. The fourth-order valence-electron chi connectivity index (χ4n) is 1.67. The highest BCUT2D eigenvalue weighted by molar-refractivity contribution is 4.90. The number of aromatic nitrogens is 3. The Morgan fingerprint density at radius 2 is 2.24 bits per heavy atom. The van der Waals surface area contributed by atoms with Crippen LogP contribution in [0.3, 0.4) is 0 Å².